The molecule has 0 spiro atoms. The molecule has 2 aromatic carbocycles. The number of carbonyl (C=O) groups is 4. The predicted octanol–water partition coefficient (Wildman–Crippen LogP) is 1.93. The molecule has 0 aliphatic heterocycles. The number of nitrogens with one attached hydrogen (secondary N) is 1. The summed E-state index contributed by atoms with van der Waals surface area (Å²) in [6.07, 6.45) is -0.762. The van der Waals surface area contributed by atoms with Crippen molar-refractivity contribution in [2.45, 2.75) is 12.3 Å². The Bertz CT molecular complexity index is 993. The number of ether oxygens (including phenoxy) is 2. The zero-order valence-corrected chi connectivity index (χ0v) is 18.4. The third kappa shape index (κ3) is 6.55. The molecule has 10 heteroatoms. The summed E-state index contributed by atoms with van der Waals surface area (Å²) >= 11 is 0. The highest BCUT2D eigenvalue weighted by molar-refractivity contribution is 5.85. The Kier molecular flexibility index (Phi) is 8.58. The van der Waals surface area contributed by atoms with Gasteiger partial charge in [-0.2, -0.15) is 0 Å². The van der Waals surface area contributed by atoms with Gasteiger partial charge >= 0.3 is 18.0 Å². The first-order chi connectivity index (χ1) is 16.4. The van der Waals surface area contributed by atoms with Gasteiger partial charge in [-0.25, -0.2) is 4.79 Å². The Morgan fingerprint density at radius 1 is 0.853 bits per heavy atom. The molecular weight excluding hydrogens is 444 g/mol. The first kappa shape index (κ1) is 24.7. The van der Waals surface area contributed by atoms with Crippen LogP contribution in [0.4, 0.5) is 4.79 Å². The number of carboxylic acid groups (broad SMARTS) is 2. The summed E-state index contributed by atoms with van der Waals surface area (Å²) in [5.41, 5.74) is 4.51. The lowest BCUT2D eigenvalue weighted by Crippen LogP contribution is -2.39. The smallest absolute Gasteiger partial charge is 0.407 e. The molecule has 0 aromatic heterocycles. The van der Waals surface area contributed by atoms with Gasteiger partial charge in [-0.05, 0) is 22.3 Å². The van der Waals surface area contributed by atoms with Gasteiger partial charge in [0.1, 0.15) is 19.7 Å². The minimum Gasteiger partial charge on any atom is -0.480 e. The average molecular weight is 470 g/mol. The summed E-state index contributed by atoms with van der Waals surface area (Å²) in [4.78, 5) is 46.3. The third-order valence-electron chi connectivity index (χ3n) is 5.32. The number of hydrogen-bond acceptors (Lipinski definition) is 6. The van der Waals surface area contributed by atoms with E-state index in [0.29, 0.717) is 0 Å². The van der Waals surface area contributed by atoms with Crippen molar-refractivity contribution >= 4 is 23.9 Å². The molecule has 0 atom stereocenters. The summed E-state index contributed by atoms with van der Waals surface area (Å²) in [6.45, 7) is -0.990. The van der Waals surface area contributed by atoms with Gasteiger partial charge in [0, 0.05) is 12.5 Å². The zero-order chi connectivity index (χ0) is 24.5. The molecule has 3 rings (SSSR count). The molecule has 34 heavy (non-hydrogen) atoms. The van der Waals surface area contributed by atoms with E-state index < -0.39 is 37.0 Å². The normalized spacial score (nSPS) is 11.9. The number of nitrogens with zero attached hydrogens (tertiary/aromatic N) is 1. The molecule has 0 unspecified atom stereocenters. The first-order valence-corrected chi connectivity index (χ1v) is 10.7. The maximum absolute atomic E-state index is 12.1. The van der Waals surface area contributed by atoms with Gasteiger partial charge in [0.05, 0.1) is 19.6 Å². The quantitative estimate of drug-likeness (QED) is 0.400. The van der Waals surface area contributed by atoms with E-state index in [9.17, 15) is 19.2 Å². The minimum absolute atomic E-state index is 0.0407. The highest BCUT2D eigenvalue weighted by Gasteiger charge is 2.29. The first-order valence-electron chi connectivity index (χ1n) is 10.7. The van der Waals surface area contributed by atoms with Crippen LogP contribution in [0.15, 0.2) is 48.5 Å². The molecule has 1 aliphatic rings. The highest BCUT2D eigenvalue weighted by Crippen LogP contribution is 2.44. The van der Waals surface area contributed by atoms with Crippen molar-refractivity contribution in [3.05, 3.63) is 59.7 Å². The minimum atomic E-state index is -1.30. The fourth-order valence-electron chi connectivity index (χ4n) is 3.85. The van der Waals surface area contributed by atoms with Crippen molar-refractivity contribution in [3.63, 3.8) is 0 Å². The second kappa shape index (κ2) is 11.8. The van der Waals surface area contributed by atoms with Gasteiger partial charge in [0.15, 0.2) is 0 Å². The summed E-state index contributed by atoms with van der Waals surface area (Å²) < 4.78 is 10.7. The van der Waals surface area contributed by atoms with Crippen LogP contribution in [-0.2, 0) is 23.9 Å². The molecule has 0 radical (unpaired) electrons. The highest BCUT2D eigenvalue weighted by atomic mass is 16.5. The van der Waals surface area contributed by atoms with Crippen LogP contribution in [0.5, 0.6) is 0 Å². The lowest BCUT2D eigenvalue weighted by atomic mass is 9.98. The maximum Gasteiger partial charge on any atom is 0.407 e. The van der Waals surface area contributed by atoms with Crippen molar-refractivity contribution in [2.75, 3.05) is 39.5 Å². The molecule has 1 aliphatic carbocycles. The van der Waals surface area contributed by atoms with Crippen LogP contribution in [-0.4, -0.2) is 78.5 Å². The van der Waals surface area contributed by atoms with E-state index in [1.165, 1.54) is 0 Å². The van der Waals surface area contributed by atoms with Crippen molar-refractivity contribution in [3.8, 4) is 11.1 Å². The van der Waals surface area contributed by atoms with E-state index in [4.69, 9.17) is 19.7 Å². The predicted molar refractivity (Wildman–Crippen MR) is 120 cm³/mol. The summed E-state index contributed by atoms with van der Waals surface area (Å²) in [7, 11) is 0. The van der Waals surface area contributed by atoms with Gasteiger partial charge in [-0.1, -0.05) is 48.5 Å². The van der Waals surface area contributed by atoms with Gasteiger partial charge in [-0.15, -0.1) is 0 Å². The zero-order valence-electron chi connectivity index (χ0n) is 18.4. The molecule has 10 nitrogen and oxygen atoms in total. The van der Waals surface area contributed by atoms with Crippen molar-refractivity contribution < 1.29 is 38.9 Å². The Morgan fingerprint density at radius 2 is 1.41 bits per heavy atom. The fourth-order valence-corrected chi connectivity index (χ4v) is 3.85. The Morgan fingerprint density at radius 3 is 1.97 bits per heavy atom. The topological polar surface area (TPSA) is 142 Å². The van der Waals surface area contributed by atoms with E-state index in [0.717, 1.165) is 27.2 Å². The largest absolute Gasteiger partial charge is 0.480 e. The Labute approximate surface area is 196 Å². The van der Waals surface area contributed by atoms with E-state index in [1.54, 1.807) is 0 Å². The molecule has 0 saturated carbocycles. The number of hydrogen-bond donors (Lipinski definition) is 3. The molecular formula is C24H26N2O8. The van der Waals surface area contributed by atoms with Crippen LogP contribution in [0.2, 0.25) is 0 Å². The molecule has 0 fully saturated rings. The summed E-state index contributed by atoms with van der Waals surface area (Å²) in [5, 5.41) is 20.1. The van der Waals surface area contributed by atoms with E-state index in [1.807, 2.05) is 36.4 Å². The molecule has 2 amide bonds. The fraction of sp³-hybridized carbons (Fsp3) is 0.333. The van der Waals surface area contributed by atoms with Gasteiger partial charge in [0.25, 0.3) is 0 Å². The molecule has 3 N–H and O–H groups in total. The van der Waals surface area contributed by atoms with Crippen molar-refractivity contribution in [2.24, 2.45) is 0 Å². The van der Waals surface area contributed by atoms with Crippen LogP contribution < -0.4 is 5.32 Å². The van der Waals surface area contributed by atoms with E-state index in [2.05, 4.69) is 17.4 Å². The molecule has 2 aromatic rings. The van der Waals surface area contributed by atoms with Crippen LogP contribution in [0.3, 0.4) is 0 Å². The van der Waals surface area contributed by atoms with Crippen LogP contribution >= 0.6 is 0 Å². The Hall–Kier alpha value is -3.92. The second-order valence-electron chi connectivity index (χ2n) is 7.65. The Balaban J connectivity index is 1.36. The maximum atomic E-state index is 12.1. The SMILES string of the molecule is O=C(O)CN(CC(=O)O)C(=O)CCOCCNC(=O)OCC1c2ccccc2-c2ccccc21. The number of aliphatic carboxylic acids is 2. The lowest BCUT2D eigenvalue weighted by molar-refractivity contribution is -0.149. The number of benzene rings is 2. The van der Waals surface area contributed by atoms with Crippen LogP contribution in [0.1, 0.15) is 23.5 Å². The van der Waals surface area contributed by atoms with Gasteiger partial charge in [-0.3, -0.25) is 14.4 Å². The second-order valence-corrected chi connectivity index (χ2v) is 7.65. The van der Waals surface area contributed by atoms with Crippen molar-refractivity contribution in [1.82, 2.24) is 10.2 Å². The number of carbonyl (C=O) groups excluding carboxylic acids is 2. The average Bonchev–Trinajstić information content (AvgIpc) is 3.12. The van der Waals surface area contributed by atoms with Crippen LogP contribution in [0.25, 0.3) is 11.1 Å². The monoisotopic (exact) mass is 470 g/mol. The summed E-state index contributed by atoms with van der Waals surface area (Å²) in [6, 6.07) is 16.1. The van der Waals surface area contributed by atoms with Gasteiger partial charge in [0.2, 0.25) is 5.91 Å². The molecule has 0 saturated heterocycles. The lowest BCUT2D eigenvalue weighted by Gasteiger charge is -2.18. The summed E-state index contributed by atoms with van der Waals surface area (Å²) in [5.74, 6) is -3.29. The standard InChI is InChI=1S/C24H26N2O8/c27-21(26(13-22(28)29)14-23(30)31)9-11-33-12-10-25-24(32)34-15-20-18-7-3-1-5-16(18)17-6-2-4-8-19(17)20/h1-8,20H,9-15H2,(H,25,32)(H,28,29)(H,30,31). The molecule has 0 heterocycles. The third-order valence-corrected chi connectivity index (χ3v) is 5.32. The van der Waals surface area contributed by atoms with Crippen molar-refractivity contribution in [1.29, 1.82) is 0 Å². The number of carboxylic acids is 2. The van der Waals surface area contributed by atoms with Crippen LogP contribution in [0, 0.1) is 0 Å². The number of alkyl carbamates (subject to hydrolysis) is 1. The molecule has 0 bridgehead atoms. The van der Waals surface area contributed by atoms with Gasteiger partial charge < -0.3 is 29.9 Å². The number of amides is 2. The molecule has 180 valence electrons. The number of rotatable bonds is 12. The van der Waals surface area contributed by atoms with E-state index >= 15 is 0 Å². The number of fused-ring (bicyclic) bond motifs is 3. The van der Waals surface area contributed by atoms with E-state index in [-0.39, 0.29) is 38.7 Å².